The van der Waals surface area contributed by atoms with E-state index in [0.717, 1.165) is 37.9 Å². The summed E-state index contributed by atoms with van der Waals surface area (Å²) in [4.78, 5) is 11.1. The Labute approximate surface area is 136 Å². The summed E-state index contributed by atoms with van der Waals surface area (Å²) in [5.41, 5.74) is 1.23. The first-order valence-electron chi connectivity index (χ1n) is 8.54. The third-order valence-corrected chi connectivity index (χ3v) is 4.60. The van der Waals surface area contributed by atoms with Crippen LogP contribution in [-0.2, 0) is 13.1 Å². The van der Waals surface area contributed by atoms with Gasteiger partial charge in [0.05, 0.1) is 6.54 Å². The summed E-state index contributed by atoms with van der Waals surface area (Å²) in [6.45, 7) is 3.81. The van der Waals surface area contributed by atoms with Crippen LogP contribution in [0.5, 0.6) is 0 Å². The van der Waals surface area contributed by atoms with E-state index in [2.05, 4.69) is 31.4 Å². The van der Waals surface area contributed by atoms with E-state index in [4.69, 9.17) is 4.52 Å². The molecule has 0 spiro atoms. The minimum Gasteiger partial charge on any atom is -0.339 e. The van der Waals surface area contributed by atoms with Crippen molar-refractivity contribution in [1.82, 2.24) is 25.3 Å². The maximum Gasteiger partial charge on any atom is 0.229 e. The lowest BCUT2D eigenvalue weighted by Crippen LogP contribution is -2.45. The van der Waals surface area contributed by atoms with E-state index in [0.29, 0.717) is 12.0 Å². The van der Waals surface area contributed by atoms with Gasteiger partial charge in [-0.05, 0) is 43.9 Å². The third-order valence-electron chi connectivity index (χ3n) is 4.60. The van der Waals surface area contributed by atoms with Gasteiger partial charge in [-0.1, -0.05) is 11.2 Å². The zero-order valence-electron chi connectivity index (χ0n) is 13.3. The van der Waals surface area contributed by atoms with Crippen LogP contribution in [0.3, 0.4) is 0 Å². The van der Waals surface area contributed by atoms with Crippen molar-refractivity contribution in [3.63, 3.8) is 0 Å². The number of nitrogens with one attached hydrogen (secondary N) is 1. The summed E-state index contributed by atoms with van der Waals surface area (Å²) in [5, 5.41) is 7.77. The molecule has 122 valence electrons. The average Bonchev–Trinajstić information content (AvgIpc) is 3.34. The molecule has 0 bridgehead atoms. The van der Waals surface area contributed by atoms with Crippen molar-refractivity contribution < 1.29 is 4.52 Å². The topological polar surface area (TPSA) is 67.1 Å². The van der Waals surface area contributed by atoms with E-state index in [1.807, 2.05) is 18.5 Å². The number of likely N-dealkylation sites (tertiary alicyclic amines) is 1. The molecule has 4 rings (SSSR count). The van der Waals surface area contributed by atoms with Gasteiger partial charge in [-0.3, -0.25) is 9.88 Å². The highest BCUT2D eigenvalue weighted by Gasteiger charge is 2.30. The Balaban J connectivity index is 1.28. The highest BCUT2D eigenvalue weighted by molar-refractivity contribution is 5.08. The first-order valence-corrected chi connectivity index (χ1v) is 8.54. The monoisotopic (exact) mass is 313 g/mol. The van der Waals surface area contributed by atoms with Crippen molar-refractivity contribution >= 4 is 0 Å². The minimum absolute atomic E-state index is 0.513. The Morgan fingerprint density at radius 2 is 2.26 bits per heavy atom. The van der Waals surface area contributed by atoms with Crippen molar-refractivity contribution in [3.8, 4) is 0 Å². The van der Waals surface area contributed by atoms with Crippen LogP contribution in [0.15, 0.2) is 29.0 Å². The van der Waals surface area contributed by atoms with Crippen molar-refractivity contribution in [2.45, 2.75) is 50.7 Å². The molecular weight excluding hydrogens is 290 g/mol. The van der Waals surface area contributed by atoms with E-state index in [1.165, 1.54) is 31.2 Å². The van der Waals surface area contributed by atoms with E-state index in [1.54, 1.807) is 0 Å². The summed E-state index contributed by atoms with van der Waals surface area (Å²) >= 11 is 0. The number of aromatic nitrogens is 3. The molecule has 6 nitrogen and oxygen atoms in total. The molecule has 1 saturated heterocycles. The van der Waals surface area contributed by atoms with Crippen LogP contribution in [0.25, 0.3) is 0 Å². The second-order valence-electron chi connectivity index (χ2n) is 6.64. The lowest BCUT2D eigenvalue weighted by molar-refractivity contribution is 0.177. The van der Waals surface area contributed by atoms with Gasteiger partial charge in [-0.25, -0.2) is 0 Å². The van der Waals surface area contributed by atoms with Crippen LogP contribution >= 0.6 is 0 Å². The van der Waals surface area contributed by atoms with Crippen molar-refractivity contribution in [2.24, 2.45) is 0 Å². The first-order chi connectivity index (χ1) is 11.4. The van der Waals surface area contributed by atoms with Gasteiger partial charge in [0, 0.05) is 37.4 Å². The van der Waals surface area contributed by atoms with E-state index < -0.39 is 0 Å². The molecule has 2 aromatic rings. The number of piperidine rings is 1. The molecule has 6 heteroatoms. The zero-order chi connectivity index (χ0) is 15.5. The average molecular weight is 313 g/mol. The second kappa shape index (κ2) is 6.76. The van der Waals surface area contributed by atoms with Gasteiger partial charge < -0.3 is 9.84 Å². The lowest BCUT2D eigenvalue weighted by Gasteiger charge is -2.32. The van der Waals surface area contributed by atoms with Gasteiger partial charge in [-0.15, -0.1) is 0 Å². The Morgan fingerprint density at radius 1 is 1.30 bits per heavy atom. The Kier molecular flexibility index (Phi) is 4.35. The summed E-state index contributed by atoms with van der Waals surface area (Å²) in [5.74, 6) is 2.20. The van der Waals surface area contributed by atoms with E-state index in [9.17, 15) is 0 Å². The number of hydrogen-bond acceptors (Lipinski definition) is 6. The van der Waals surface area contributed by atoms with Crippen LogP contribution in [0.1, 0.15) is 48.9 Å². The van der Waals surface area contributed by atoms with Gasteiger partial charge in [-0.2, -0.15) is 4.98 Å². The Hall–Kier alpha value is -1.79. The normalized spacial score (nSPS) is 22.3. The lowest BCUT2D eigenvalue weighted by atomic mass is 10.1. The quantitative estimate of drug-likeness (QED) is 0.881. The summed E-state index contributed by atoms with van der Waals surface area (Å²) in [6.07, 6.45) is 8.56. The van der Waals surface area contributed by atoms with E-state index >= 15 is 0 Å². The molecule has 1 saturated carbocycles. The molecule has 1 unspecified atom stereocenters. The number of hydrogen-bond donors (Lipinski definition) is 1. The fourth-order valence-corrected chi connectivity index (χ4v) is 3.16. The zero-order valence-corrected chi connectivity index (χ0v) is 13.3. The van der Waals surface area contributed by atoms with Crippen molar-refractivity contribution in [3.05, 3.63) is 41.8 Å². The molecule has 2 aliphatic rings. The van der Waals surface area contributed by atoms with Gasteiger partial charge in [0.1, 0.15) is 0 Å². The first kappa shape index (κ1) is 14.8. The Bertz CT molecular complexity index is 625. The predicted molar refractivity (Wildman–Crippen MR) is 85.6 cm³/mol. The minimum atomic E-state index is 0.513. The molecule has 0 radical (unpaired) electrons. The SMILES string of the molecule is c1cncc(CNC2CCCN(Cc3noc(C4CC4)n3)C2)c1. The molecule has 3 heterocycles. The molecule has 23 heavy (non-hydrogen) atoms. The molecule has 2 fully saturated rings. The molecule has 1 aliphatic heterocycles. The van der Waals surface area contributed by atoms with Crippen molar-refractivity contribution in [2.75, 3.05) is 13.1 Å². The van der Waals surface area contributed by atoms with Crippen LogP contribution in [0.2, 0.25) is 0 Å². The fraction of sp³-hybridized carbons (Fsp3) is 0.588. The molecule has 1 aliphatic carbocycles. The van der Waals surface area contributed by atoms with Gasteiger partial charge in [0.15, 0.2) is 5.82 Å². The van der Waals surface area contributed by atoms with Crippen LogP contribution in [0.4, 0.5) is 0 Å². The molecular formula is C17H23N5O. The van der Waals surface area contributed by atoms with Crippen LogP contribution in [-0.4, -0.2) is 39.2 Å². The van der Waals surface area contributed by atoms with E-state index in [-0.39, 0.29) is 0 Å². The molecule has 1 atom stereocenters. The van der Waals surface area contributed by atoms with Gasteiger partial charge in [0.25, 0.3) is 0 Å². The number of pyridine rings is 1. The summed E-state index contributed by atoms with van der Waals surface area (Å²) in [6, 6.07) is 4.61. The molecule has 0 amide bonds. The smallest absolute Gasteiger partial charge is 0.229 e. The standard InChI is InChI=1S/C17H23N5O/c1-3-13(9-18-7-1)10-19-15-4-2-8-22(11-15)12-16-20-17(23-21-16)14-5-6-14/h1,3,7,9,14-15,19H,2,4-6,8,10-12H2. The van der Waals surface area contributed by atoms with Crippen LogP contribution in [0, 0.1) is 0 Å². The van der Waals surface area contributed by atoms with Gasteiger partial charge in [0.2, 0.25) is 5.89 Å². The molecule has 0 aromatic carbocycles. The van der Waals surface area contributed by atoms with Crippen LogP contribution < -0.4 is 5.32 Å². The van der Waals surface area contributed by atoms with Crippen molar-refractivity contribution in [1.29, 1.82) is 0 Å². The second-order valence-corrected chi connectivity index (χ2v) is 6.64. The molecule has 1 N–H and O–H groups in total. The summed E-state index contributed by atoms with van der Waals surface area (Å²) < 4.78 is 5.35. The fourth-order valence-electron chi connectivity index (χ4n) is 3.16. The third kappa shape index (κ3) is 3.95. The number of rotatable bonds is 6. The largest absolute Gasteiger partial charge is 0.339 e. The predicted octanol–water partition coefficient (Wildman–Crippen LogP) is 2.10. The highest BCUT2D eigenvalue weighted by atomic mass is 16.5. The summed E-state index contributed by atoms with van der Waals surface area (Å²) in [7, 11) is 0. The maximum atomic E-state index is 5.35. The highest BCUT2D eigenvalue weighted by Crippen LogP contribution is 2.38. The Morgan fingerprint density at radius 3 is 3.09 bits per heavy atom. The maximum absolute atomic E-state index is 5.35. The molecule has 2 aromatic heterocycles. The van der Waals surface area contributed by atoms with Gasteiger partial charge >= 0.3 is 0 Å². The number of nitrogens with zero attached hydrogens (tertiary/aromatic N) is 4.